The molecule has 0 aliphatic rings. The second-order valence-corrected chi connectivity index (χ2v) is 9.35. The summed E-state index contributed by atoms with van der Waals surface area (Å²) in [5, 5.41) is 5.63. The normalized spacial score (nSPS) is 12.5. The summed E-state index contributed by atoms with van der Waals surface area (Å²) in [6, 6.07) is 21.3. The first-order valence-electron chi connectivity index (χ1n) is 10.6. The summed E-state index contributed by atoms with van der Waals surface area (Å²) in [6.45, 7) is 8.74. The lowest BCUT2D eigenvalue weighted by Gasteiger charge is -2.22. The maximum atomic E-state index is 6.29. The Morgan fingerprint density at radius 2 is 1.61 bits per heavy atom. The van der Waals surface area contributed by atoms with E-state index < -0.39 is 0 Å². The first-order chi connectivity index (χ1) is 14.9. The SMILES string of the molecule is Cc1cc2ccc3c(oc4ccnc(-c5cc(C(C)(C)C)c6ccccc6c5)c43)c2o1. The minimum atomic E-state index is 0.0137. The average molecular weight is 405 g/mol. The van der Waals surface area contributed by atoms with Crippen LogP contribution in [0.3, 0.4) is 0 Å². The Morgan fingerprint density at radius 1 is 0.774 bits per heavy atom. The van der Waals surface area contributed by atoms with Gasteiger partial charge in [-0.2, -0.15) is 0 Å². The summed E-state index contributed by atoms with van der Waals surface area (Å²) < 4.78 is 12.3. The number of benzene rings is 3. The Kier molecular flexibility index (Phi) is 3.64. The quantitative estimate of drug-likeness (QED) is 0.277. The van der Waals surface area contributed by atoms with Gasteiger partial charge in [0, 0.05) is 22.5 Å². The van der Waals surface area contributed by atoms with Crippen molar-refractivity contribution >= 4 is 43.7 Å². The molecule has 0 unspecified atom stereocenters. The molecule has 3 nitrogen and oxygen atoms in total. The summed E-state index contributed by atoms with van der Waals surface area (Å²) in [4.78, 5) is 4.82. The predicted molar refractivity (Wildman–Crippen MR) is 128 cm³/mol. The van der Waals surface area contributed by atoms with Gasteiger partial charge in [-0.1, -0.05) is 51.1 Å². The molecule has 0 amide bonds. The molecule has 0 bridgehead atoms. The lowest BCUT2D eigenvalue weighted by Crippen LogP contribution is -2.12. The number of nitrogens with zero attached hydrogens (tertiary/aromatic N) is 1. The summed E-state index contributed by atoms with van der Waals surface area (Å²) in [6.07, 6.45) is 1.83. The third kappa shape index (κ3) is 2.70. The molecule has 0 aliphatic carbocycles. The van der Waals surface area contributed by atoms with E-state index in [1.165, 1.54) is 16.3 Å². The smallest absolute Gasteiger partial charge is 0.178 e. The summed E-state index contributed by atoms with van der Waals surface area (Å²) in [5.74, 6) is 0.880. The number of aryl methyl sites for hydroxylation is 1. The molecular weight excluding hydrogens is 382 g/mol. The molecule has 0 fully saturated rings. The van der Waals surface area contributed by atoms with Gasteiger partial charge in [0.1, 0.15) is 11.3 Å². The second-order valence-electron chi connectivity index (χ2n) is 9.35. The van der Waals surface area contributed by atoms with E-state index in [2.05, 4.69) is 69.3 Å². The number of hydrogen-bond acceptors (Lipinski definition) is 3. The van der Waals surface area contributed by atoms with Gasteiger partial charge in [-0.25, -0.2) is 0 Å². The van der Waals surface area contributed by atoms with E-state index in [1.807, 2.05) is 25.3 Å². The molecule has 0 atom stereocenters. The van der Waals surface area contributed by atoms with Crippen molar-refractivity contribution in [3.63, 3.8) is 0 Å². The van der Waals surface area contributed by atoms with Crippen molar-refractivity contribution in [1.82, 2.24) is 4.98 Å². The van der Waals surface area contributed by atoms with E-state index in [-0.39, 0.29) is 5.41 Å². The number of rotatable bonds is 1. The Morgan fingerprint density at radius 3 is 2.45 bits per heavy atom. The first-order valence-corrected chi connectivity index (χ1v) is 10.6. The average Bonchev–Trinajstić information content (AvgIpc) is 3.31. The Bertz CT molecular complexity index is 1630. The number of fused-ring (bicyclic) bond motifs is 6. The van der Waals surface area contributed by atoms with Crippen LogP contribution in [0.2, 0.25) is 0 Å². The summed E-state index contributed by atoms with van der Waals surface area (Å²) >= 11 is 0. The highest BCUT2D eigenvalue weighted by molar-refractivity contribution is 6.17. The van der Waals surface area contributed by atoms with Crippen LogP contribution in [0.1, 0.15) is 32.1 Å². The lowest BCUT2D eigenvalue weighted by atomic mass is 9.82. The fourth-order valence-electron chi connectivity index (χ4n) is 4.69. The molecule has 3 aromatic heterocycles. The van der Waals surface area contributed by atoms with Crippen molar-refractivity contribution in [2.24, 2.45) is 0 Å². The monoisotopic (exact) mass is 405 g/mol. The van der Waals surface area contributed by atoms with Crippen molar-refractivity contribution < 1.29 is 8.83 Å². The van der Waals surface area contributed by atoms with E-state index in [9.17, 15) is 0 Å². The molecular formula is C28H23NO2. The first kappa shape index (κ1) is 18.2. The maximum absolute atomic E-state index is 6.29. The van der Waals surface area contributed by atoms with Gasteiger partial charge in [0.25, 0.3) is 0 Å². The van der Waals surface area contributed by atoms with E-state index >= 15 is 0 Å². The number of aromatic nitrogens is 1. The Labute approximate surface area is 180 Å². The summed E-state index contributed by atoms with van der Waals surface area (Å²) in [5.41, 5.74) is 5.78. The molecule has 6 rings (SSSR count). The van der Waals surface area contributed by atoms with Crippen LogP contribution < -0.4 is 0 Å². The molecule has 6 aromatic rings. The van der Waals surface area contributed by atoms with Crippen LogP contribution in [0.15, 0.2) is 75.7 Å². The van der Waals surface area contributed by atoms with E-state index in [1.54, 1.807) is 0 Å². The zero-order valence-electron chi connectivity index (χ0n) is 18.1. The zero-order valence-corrected chi connectivity index (χ0v) is 18.1. The predicted octanol–water partition coefficient (Wildman–Crippen LogP) is 8.15. The van der Waals surface area contributed by atoms with Crippen LogP contribution in [0.5, 0.6) is 0 Å². The molecule has 0 spiro atoms. The zero-order chi connectivity index (χ0) is 21.3. The van der Waals surface area contributed by atoms with Crippen molar-refractivity contribution in [1.29, 1.82) is 0 Å². The number of furan rings is 2. The van der Waals surface area contributed by atoms with Gasteiger partial charge in [-0.05, 0) is 59.0 Å². The van der Waals surface area contributed by atoms with Crippen LogP contribution >= 0.6 is 0 Å². The van der Waals surface area contributed by atoms with Crippen molar-refractivity contribution in [3.05, 3.63) is 78.2 Å². The van der Waals surface area contributed by atoms with Gasteiger partial charge < -0.3 is 8.83 Å². The Balaban J connectivity index is 1.72. The van der Waals surface area contributed by atoms with Crippen molar-refractivity contribution in [2.45, 2.75) is 33.1 Å². The van der Waals surface area contributed by atoms with Gasteiger partial charge >= 0.3 is 0 Å². The number of pyridine rings is 1. The minimum absolute atomic E-state index is 0.0137. The highest BCUT2D eigenvalue weighted by atomic mass is 16.4. The third-order valence-corrected chi connectivity index (χ3v) is 6.10. The third-order valence-electron chi connectivity index (χ3n) is 6.10. The molecule has 3 aromatic carbocycles. The molecule has 0 saturated carbocycles. The van der Waals surface area contributed by atoms with E-state index in [0.717, 1.165) is 49.9 Å². The second kappa shape index (κ2) is 6.21. The highest BCUT2D eigenvalue weighted by Crippen LogP contribution is 2.41. The van der Waals surface area contributed by atoms with Gasteiger partial charge in [0.2, 0.25) is 0 Å². The number of hydrogen-bond donors (Lipinski definition) is 0. The fourth-order valence-corrected chi connectivity index (χ4v) is 4.69. The van der Waals surface area contributed by atoms with Crippen LogP contribution in [0, 0.1) is 6.92 Å². The molecule has 3 heterocycles. The van der Waals surface area contributed by atoms with Crippen LogP contribution in [-0.4, -0.2) is 4.98 Å². The lowest BCUT2D eigenvalue weighted by molar-refractivity contribution is 0.569. The minimum Gasteiger partial charge on any atom is -0.457 e. The van der Waals surface area contributed by atoms with Crippen molar-refractivity contribution in [2.75, 3.05) is 0 Å². The van der Waals surface area contributed by atoms with Crippen molar-refractivity contribution in [3.8, 4) is 11.3 Å². The van der Waals surface area contributed by atoms with Gasteiger partial charge in [0.05, 0.1) is 11.1 Å². The van der Waals surface area contributed by atoms with E-state index in [4.69, 9.17) is 13.8 Å². The maximum Gasteiger partial charge on any atom is 0.178 e. The van der Waals surface area contributed by atoms with Gasteiger partial charge in [-0.15, -0.1) is 0 Å². The molecule has 31 heavy (non-hydrogen) atoms. The molecule has 0 N–H and O–H groups in total. The highest BCUT2D eigenvalue weighted by Gasteiger charge is 2.21. The largest absolute Gasteiger partial charge is 0.457 e. The Hall–Kier alpha value is -3.59. The van der Waals surface area contributed by atoms with E-state index in [0.29, 0.717) is 0 Å². The molecule has 0 radical (unpaired) electrons. The van der Waals surface area contributed by atoms with Crippen LogP contribution in [0.4, 0.5) is 0 Å². The standard InChI is InChI=1S/C28H23NO2/c1-16-13-18-9-10-21-24-23(31-27(21)26(18)30-16)11-12-29-25(24)19-14-17-7-5-6-8-20(17)22(15-19)28(2,3)4/h5-15H,1-4H3. The van der Waals surface area contributed by atoms with Crippen LogP contribution in [0.25, 0.3) is 54.9 Å². The van der Waals surface area contributed by atoms with Gasteiger partial charge in [-0.3, -0.25) is 4.98 Å². The van der Waals surface area contributed by atoms with Crippen LogP contribution in [-0.2, 0) is 5.41 Å². The van der Waals surface area contributed by atoms with Gasteiger partial charge in [0.15, 0.2) is 11.2 Å². The molecule has 152 valence electrons. The summed E-state index contributed by atoms with van der Waals surface area (Å²) in [7, 11) is 0. The molecule has 0 aliphatic heterocycles. The topological polar surface area (TPSA) is 39.2 Å². The fraction of sp³-hybridized carbons (Fsp3) is 0.179. The molecule has 0 saturated heterocycles. The molecule has 3 heteroatoms.